The summed E-state index contributed by atoms with van der Waals surface area (Å²) in [7, 11) is 0. The molecule has 0 aromatic rings. The molecular weight excluding hydrogens is 374 g/mol. The highest BCUT2D eigenvalue weighted by atomic mass is 16.3. The molecule has 0 radical (unpaired) electrons. The average molecular weight is 418 g/mol. The third-order valence-electron chi connectivity index (χ3n) is 8.01. The first-order valence-corrected chi connectivity index (χ1v) is 11.9. The molecule has 0 aliphatic heterocycles. The van der Waals surface area contributed by atoms with Gasteiger partial charge >= 0.3 is 0 Å². The van der Waals surface area contributed by atoms with E-state index in [1.807, 2.05) is 13.8 Å². The van der Waals surface area contributed by atoms with Crippen molar-refractivity contribution >= 4 is 0 Å². The minimum absolute atomic E-state index is 0.334. The highest BCUT2D eigenvalue weighted by Gasteiger charge is 2.50. The van der Waals surface area contributed by atoms with Crippen molar-refractivity contribution in [2.24, 2.45) is 23.2 Å². The van der Waals surface area contributed by atoms with Gasteiger partial charge in [-0.3, -0.25) is 0 Å². The summed E-state index contributed by atoms with van der Waals surface area (Å²) < 4.78 is 0. The van der Waals surface area contributed by atoms with Crippen LogP contribution in [0.1, 0.15) is 72.6 Å². The monoisotopic (exact) mass is 417 g/mol. The van der Waals surface area contributed by atoms with E-state index >= 15 is 0 Å². The lowest BCUT2D eigenvalue weighted by molar-refractivity contribution is 0.0702. The second-order valence-corrected chi connectivity index (χ2v) is 11.1. The molecule has 3 fully saturated rings. The van der Waals surface area contributed by atoms with Crippen LogP contribution < -0.4 is 5.32 Å². The van der Waals surface area contributed by atoms with E-state index in [9.17, 15) is 15.3 Å². The van der Waals surface area contributed by atoms with Crippen molar-refractivity contribution in [1.82, 2.24) is 5.32 Å². The minimum atomic E-state index is -0.666. The predicted molar refractivity (Wildman–Crippen MR) is 123 cm³/mol. The van der Waals surface area contributed by atoms with Crippen molar-refractivity contribution < 1.29 is 15.3 Å². The normalized spacial score (nSPS) is 38.8. The molecule has 0 bridgehead atoms. The fraction of sp³-hybridized carbons (Fsp3) is 0.769. The van der Waals surface area contributed by atoms with E-state index < -0.39 is 17.8 Å². The summed E-state index contributed by atoms with van der Waals surface area (Å²) in [5, 5.41) is 33.6. The van der Waals surface area contributed by atoms with Gasteiger partial charge in [0, 0.05) is 13.0 Å². The average Bonchev–Trinajstić information content (AvgIpc) is 3.00. The zero-order valence-electron chi connectivity index (χ0n) is 19.5. The van der Waals surface area contributed by atoms with Crippen molar-refractivity contribution in [2.75, 3.05) is 13.1 Å². The molecule has 6 atom stereocenters. The fourth-order valence-corrected chi connectivity index (χ4v) is 6.43. The molecule has 3 saturated carbocycles. The number of rotatable bonds is 6. The Hall–Kier alpha value is -0.940. The maximum Gasteiger partial charge on any atom is 0.0811 e. The van der Waals surface area contributed by atoms with Crippen LogP contribution in [0.4, 0.5) is 0 Å². The van der Waals surface area contributed by atoms with Crippen LogP contribution in [0.5, 0.6) is 0 Å². The standard InChI is InChI=1S/C26H43NO3/c1-17(15-27-16-25(3,4)30)22-10-11-23-19(7-6-12-26(22,23)5)8-9-20-13-21(28)14-24(29)18(20)2/h8-9,17,21-24,27-30H,2,6-7,10-16H2,1,3-5H3/b19-8+,20-9-/t17-,21-,22-,23+,24+,26-/m1/s1. The van der Waals surface area contributed by atoms with Crippen molar-refractivity contribution in [3.63, 3.8) is 0 Å². The van der Waals surface area contributed by atoms with Crippen LogP contribution in [0.3, 0.4) is 0 Å². The lowest BCUT2D eigenvalue weighted by Gasteiger charge is -2.44. The summed E-state index contributed by atoms with van der Waals surface area (Å²) in [5.41, 5.74) is 2.98. The van der Waals surface area contributed by atoms with Gasteiger partial charge in [-0.2, -0.15) is 0 Å². The molecule has 30 heavy (non-hydrogen) atoms. The van der Waals surface area contributed by atoms with E-state index in [-0.39, 0.29) is 0 Å². The summed E-state index contributed by atoms with van der Waals surface area (Å²) in [6, 6.07) is 0. The third kappa shape index (κ3) is 5.27. The lowest BCUT2D eigenvalue weighted by Crippen LogP contribution is -2.41. The fourth-order valence-electron chi connectivity index (χ4n) is 6.43. The molecule has 0 aromatic heterocycles. The molecule has 4 N–H and O–H groups in total. The van der Waals surface area contributed by atoms with Gasteiger partial charge in [-0.05, 0) is 93.2 Å². The number of hydrogen-bond acceptors (Lipinski definition) is 4. The Labute approximate surface area is 183 Å². The number of nitrogens with one attached hydrogen (secondary N) is 1. The molecule has 170 valence electrons. The molecule has 3 aliphatic carbocycles. The van der Waals surface area contributed by atoms with Crippen LogP contribution in [0.15, 0.2) is 35.5 Å². The van der Waals surface area contributed by atoms with Gasteiger partial charge in [-0.25, -0.2) is 0 Å². The van der Waals surface area contributed by atoms with E-state index in [1.54, 1.807) is 0 Å². The Morgan fingerprint density at radius 1 is 1.27 bits per heavy atom. The highest BCUT2D eigenvalue weighted by Crippen LogP contribution is 2.59. The lowest BCUT2D eigenvalue weighted by atomic mass is 9.61. The van der Waals surface area contributed by atoms with E-state index in [2.05, 4.69) is 37.9 Å². The Morgan fingerprint density at radius 3 is 2.70 bits per heavy atom. The first-order chi connectivity index (χ1) is 14.0. The van der Waals surface area contributed by atoms with Crippen molar-refractivity contribution in [3.8, 4) is 0 Å². The van der Waals surface area contributed by atoms with Gasteiger partial charge in [0.1, 0.15) is 0 Å². The third-order valence-corrected chi connectivity index (χ3v) is 8.01. The van der Waals surface area contributed by atoms with Crippen LogP contribution in [-0.2, 0) is 0 Å². The topological polar surface area (TPSA) is 72.7 Å². The molecule has 3 aliphatic rings. The zero-order valence-corrected chi connectivity index (χ0v) is 19.5. The number of fused-ring (bicyclic) bond motifs is 1. The summed E-state index contributed by atoms with van der Waals surface area (Å²) in [4.78, 5) is 0. The Kier molecular flexibility index (Phi) is 7.33. The van der Waals surface area contributed by atoms with Gasteiger partial charge in [0.15, 0.2) is 0 Å². The summed E-state index contributed by atoms with van der Waals surface area (Å²) in [6.45, 7) is 14.2. The van der Waals surface area contributed by atoms with Gasteiger partial charge in [-0.1, -0.05) is 38.2 Å². The molecular formula is C26H43NO3. The molecule has 0 saturated heterocycles. The van der Waals surface area contributed by atoms with Crippen LogP contribution in [0, 0.1) is 23.2 Å². The van der Waals surface area contributed by atoms with E-state index in [1.165, 1.54) is 31.3 Å². The molecule has 0 unspecified atom stereocenters. The van der Waals surface area contributed by atoms with Crippen LogP contribution >= 0.6 is 0 Å². The summed E-state index contributed by atoms with van der Waals surface area (Å²) >= 11 is 0. The Balaban J connectivity index is 1.70. The molecule has 0 heterocycles. The van der Waals surface area contributed by atoms with E-state index in [4.69, 9.17) is 0 Å². The quantitative estimate of drug-likeness (QED) is 0.524. The van der Waals surface area contributed by atoms with Gasteiger partial charge in [0.2, 0.25) is 0 Å². The summed E-state index contributed by atoms with van der Waals surface area (Å²) in [5.74, 6) is 1.90. The minimum Gasteiger partial charge on any atom is -0.393 e. The molecule has 4 heteroatoms. The second kappa shape index (κ2) is 9.28. The maximum atomic E-state index is 10.1. The number of hydrogen-bond donors (Lipinski definition) is 4. The number of aliphatic hydroxyl groups is 3. The Bertz CT molecular complexity index is 689. The second-order valence-electron chi connectivity index (χ2n) is 11.1. The first kappa shape index (κ1) is 23.7. The van der Waals surface area contributed by atoms with Gasteiger partial charge < -0.3 is 20.6 Å². The van der Waals surface area contributed by atoms with Crippen molar-refractivity contribution in [3.05, 3.63) is 35.5 Å². The smallest absolute Gasteiger partial charge is 0.0811 e. The van der Waals surface area contributed by atoms with Crippen molar-refractivity contribution in [2.45, 2.75) is 90.4 Å². The zero-order chi connectivity index (χ0) is 22.1. The van der Waals surface area contributed by atoms with Crippen molar-refractivity contribution in [1.29, 1.82) is 0 Å². The first-order valence-electron chi connectivity index (χ1n) is 11.9. The molecule has 3 rings (SSSR count). The van der Waals surface area contributed by atoms with Crippen LogP contribution in [0.2, 0.25) is 0 Å². The molecule has 0 aromatic carbocycles. The van der Waals surface area contributed by atoms with Gasteiger partial charge in [-0.15, -0.1) is 0 Å². The van der Waals surface area contributed by atoms with E-state index in [0.29, 0.717) is 42.6 Å². The molecule has 0 spiro atoms. The van der Waals surface area contributed by atoms with Crippen LogP contribution in [-0.4, -0.2) is 46.2 Å². The largest absolute Gasteiger partial charge is 0.393 e. The maximum absolute atomic E-state index is 10.1. The van der Waals surface area contributed by atoms with Gasteiger partial charge in [0.25, 0.3) is 0 Å². The highest BCUT2D eigenvalue weighted by molar-refractivity contribution is 5.38. The number of aliphatic hydroxyl groups excluding tert-OH is 2. The number of allylic oxidation sites excluding steroid dienone is 3. The van der Waals surface area contributed by atoms with Crippen LogP contribution in [0.25, 0.3) is 0 Å². The Morgan fingerprint density at radius 2 is 2.00 bits per heavy atom. The summed E-state index contributed by atoms with van der Waals surface area (Å²) in [6.07, 6.45) is 10.5. The predicted octanol–water partition coefficient (Wildman–Crippen LogP) is 4.12. The molecule has 4 nitrogen and oxygen atoms in total. The van der Waals surface area contributed by atoms with E-state index in [0.717, 1.165) is 24.1 Å². The SMILES string of the molecule is C=C1/C(=C\C=C2/CCC[C@]3(C)[C@@H]([C@H](C)CNCC(C)(C)O)CC[C@@H]23)C[C@@H](O)C[C@@H]1O. The van der Waals surface area contributed by atoms with Gasteiger partial charge in [0.05, 0.1) is 17.8 Å². The molecule has 0 amide bonds.